The zero-order valence-corrected chi connectivity index (χ0v) is 8.66. The molecule has 1 aromatic rings. The van der Waals surface area contributed by atoms with Gasteiger partial charge in [0, 0.05) is 6.42 Å². The molecule has 1 rings (SSSR count). The molecule has 3 N–H and O–H groups in total. The highest BCUT2D eigenvalue weighted by Crippen LogP contribution is 2.16. The van der Waals surface area contributed by atoms with Crippen molar-refractivity contribution in [1.29, 1.82) is 0 Å². The molecule has 82 valence electrons. The van der Waals surface area contributed by atoms with Crippen LogP contribution in [-0.2, 0) is 22.5 Å². The van der Waals surface area contributed by atoms with Crippen LogP contribution in [0.5, 0.6) is 0 Å². The molecule has 0 spiro atoms. The van der Waals surface area contributed by atoms with Crippen LogP contribution < -0.4 is 4.72 Å². The van der Waals surface area contributed by atoms with Crippen LogP contribution >= 0.6 is 0 Å². The van der Waals surface area contributed by atoms with Crippen LogP contribution in [0.4, 0.5) is 5.69 Å². The number of hydrogen-bond donors (Lipinski definition) is 3. The average molecular weight is 229 g/mol. The maximum absolute atomic E-state index is 10.5. The minimum atomic E-state index is -2.14. The van der Waals surface area contributed by atoms with E-state index in [1.165, 1.54) is 0 Å². The monoisotopic (exact) mass is 229 g/mol. The number of anilines is 1. The number of carbonyl (C=O) groups is 1. The van der Waals surface area contributed by atoms with Gasteiger partial charge in [-0.25, -0.2) is 4.21 Å². The molecule has 0 fully saturated rings. The summed E-state index contributed by atoms with van der Waals surface area (Å²) in [5, 5.41) is 8.52. The normalized spacial score (nSPS) is 12.1. The van der Waals surface area contributed by atoms with E-state index in [9.17, 15) is 9.00 Å². The molecule has 1 unspecified atom stereocenters. The van der Waals surface area contributed by atoms with Gasteiger partial charge in [0.2, 0.25) is 0 Å². The summed E-state index contributed by atoms with van der Waals surface area (Å²) in [6, 6.07) is 6.81. The lowest BCUT2D eigenvalue weighted by atomic mass is 10.1. The fourth-order valence-electron chi connectivity index (χ4n) is 1.17. The summed E-state index contributed by atoms with van der Waals surface area (Å²) in [4.78, 5) is 10.4. The Labute approximate surface area is 89.5 Å². The minimum Gasteiger partial charge on any atom is -0.481 e. The molecular formula is C9H11NO4S. The highest BCUT2D eigenvalue weighted by molar-refractivity contribution is 7.80. The van der Waals surface area contributed by atoms with Gasteiger partial charge in [0.05, 0.1) is 5.69 Å². The number of rotatable bonds is 5. The summed E-state index contributed by atoms with van der Waals surface area (Å²) in [5.74, 6) is -0.894. The maximum Gasteiger partial charge on any atom is 0.303 e. The SMILES string of the molecule is O=C(O)CCc1ccccc1NS(=O)O. The van der Waals surface area contributed by atoms with E-state index in [4.69, 9.17) is 9.66 Å². The van der Waals surface area contributed by atoms with Crippen molar-refractivity contribution in [1.82, 2.24) is 0 Å². The summed E-state index contributed by atoms with van der Waals surface area (Å²) in [7, 11) is 0. The molecule has 0 saturated carbocycles. The molecule has 6 heteroatoms. The standard InChI is InChI=1S/C9H11NO4S/c11-9(12)6-5-7-3-1-2-4-8(7)10-15(13)14/h1-4,10H,5-6H2,(H,11,12)(H,13,14). The Bertz CT molecular complexity index is 380. The summed E-state index contributed by atoms with van der Waals surface area (Å²) in [6.45, 7) is 0. The predicted octanol–water partition coefficient (Wildman–Crippen LogP) is 1.25. The third-order valence-electron chi connectivity index (χ3n) is 1.82. The van der Waals surface area contributed by atoms with Crippen LogP contribution in [0, 0.1) is 0 Å². The van der Waals surface area contributed by atoms with Gasteiger partial charge in [-0.05, 0) is 18.1 Å². The second-order valence-corrected chi connectivity index (χ2v) is 3.60. The quantitative estimate of drug-likeness (QED) is 0.663. The van der Waals surface area contributed by atoms with Crippen LogP contribution in [0.1, 0.15) is 12.0 Å². The zero-order valence-electron chi connectivity index (χ0n) is 7.84. The smallest absolute Gasteiger partial charge is 0.303 e. The fraction of sp³-hybridized carbons (Fsp3) is 0.222. The molecular weight excluding hydrogens is 218 g/mol. The van der Waals surface area contributed by atoms with Crippen molar-refractivity contribution in [3.8, 4) is 0 Å². The first-order valence-electron chi connectivity index (χ1n) is 4.27. The van der Waals surface area contributed by atoms with Gasteiger partial charge in [-0.15, -0.1) is 0 Å². The van der Waals surface area contributed by atoms with Crippen molar-refractivity contribution >= 4 is 22.9 Å². The third kappa shape index (κ3) is 4.09. The Morgan fingerprint density at radius 2 is 2.07 bits per heavy atom. The summed E-state index contributed by atoms with van der Waals surface area (Å²) >= 11 is -2.14. The maximum atomic E-state index is 10.5. The number of carboxylic acids is 1. The summed E-state index contributed by atoms with van der Waals surface area (Å²) in [6.07, 6.45) is 0.326. The molecule has 1 aromatic carbocycles. The van der Waals surface area contributed by atoms with Crippen LogP contribution in [0.3, 0.4) is 0 Å². The highest BCUT2D eigenvalue weighted by Gasteiger charge is 2.05. The van der Waals surface area contributed by atoms with Gasteiger partial charge in [0.15, 0.2) is 0 Å². The van der Waals surface area contributed by atoms with Gasteiger partial charge in [-0.3, -0.25) is 14.1 Å². The van der Waals surface area contributed by atoms with Gasteiger partial charge < -0.3 is 5.11 Å². The first-order valence-corrected chi connectivity index (χ1v) is 5.37. The predicted molar refractivity (Wildman–Crippen MR) is 56.8 cm³/mol. The van der Waals surface area contributed by atoms with Gasteiger partial charge in [0.25, 0.3) is 11.3 Å². The Morgan fingerprint density at radius 1 is 1.40 bits per heavy atom. The van der Waals surface area contributed by atoms with E-state index < -0.39 is 17.2 Å². The van der Waals surface area contributed by atoms with Crippen molar-refractivity contribution in [2.45, 2.75) is 12.8 Å². The molecule has 0 aliphatic rings. The Morgan fingerprint density at radius 3 is 2.67 bits per heavy atom. The van der Waals surface area contributed by atoms with Crippen molar-refractivity contribution in [2.24, 2.45) is 0 Å². The molecule has 0 saturated heterocycles. The number of benzene rings is 1. The Hall–Kier alpha value is -1.40. The van der Waals surface area contributed by atoms with Gasteiger partial charge in [0.1, 0.15) is 0 Å². The number of nitrogens with one attached hydrogen (secondary N) is 1. The van der Waals surface area contributed by atoms with E-state index in [0.29, 0.717) is 17.7 Å². The molecule has 0 bridgehead atoms. The second-order valence-electron chi connectivity index (χ2n) is 2.90. The minimum absolute atomic E-state index is 0.00322. The van der Waals surface area contributed by atoms with E-state index in [0.717, 1.165) is 0 Å². The van der Waals surface area contributed by atoms with Crippen molar-refractivity contribution in [3.63, 3.8) is 0 Å². The van der Waals surface area contributed by atoms with Crippen molar-refractivity contribution < 1.29 is 18.7 Å². The topological polar surface area (TPSA) is 86.6 Å². The number of hydrogen-bond acceptors (Lipinski definition) is 2. The lowest BCUT2D eigenvalue weighted by molar-refractivity contribution is -0.136. The zero-order chi connectivity index (χ0) is 11.3. The van der Waals surface area contributed by atoms with E-state index in [2.05, 4.69) is 4.72 Å². The Balaban J connectivity index is 2.76. The molecule has 0 aromatic heterocycles. The number of para-hydroxylation sites is 1. The molecule has 15 heavy (non-hydrogen) atoms. The lowest BCUT2D eigenvalue weighted by Gasteiger charge is -2.07. The van der Waals surface area contributed by atoms with Crippen LogP contribution in [0.25, 0.3) is 0 Å². The van der Waals surface area contributed by atoms with E-state index in [1.807, 2.05) is 0 Å². The summed E-state index contributed by atoms with van der Waals surface area (Å²) < 4.78 is 21.5. The number of carboxylic acid groups (broad SMARTS) is 1. The van der Waals surface area contributed by atoms with Crippen LogP contribution in [-0.4, -0.2) is 19.8 Å². The Kier molecular flexibility index (Phi) is 4.26. The number of aliphatic carboxylic acids is 1. The highest BCUT2D eigenvalue weighted by atomic mass is 32.2. The van der Waals surface area contributed by atoms with E-state index in [-0.39, 0.29) is 6.42 Å². The lowest BCUT2D eigenvalue weighted by Crippen LogP contribution is -2.06. The van der Waals surface area contributed by atoms with Crippen LogP contribution in [0.15, 0.2) is 24.3 Å². The fourth-order valence-corrected chi connectivity index (χ4v) is 1.56. The third-order valence-corrected chi connectivity index (χ3v) is 2.22. The second kappa shape index (κ2) is 5.47. The molecule has 0 amide bonds. The average Bonchev–Trinajstić information content (AvgIpc) is 2.15. The van der Waals surface area contributed by atoms with Gasteiger partial charge >= 0.3 is 5.97 Å². The van der Waals surface area contributed by atoms with Crippen molar-refractivity contribution in [3.05, 3.63) is 29.8 Å². The molecule has 1 atom stereocenters. The molecule has 0 radical (unpaired) electrons. The van der Waals surface area contributed by atoms with E-state index >= 15 is 0 Å². The molecule has 0 aliphatic heterocycles. The van der Waals surface area contributed by atoms with Crippen LogP contribution in [0.2, 0.25) is 0 Å². The van der Waals surface area contributed by atoms with Crippen molar-refractivity contribution in [2.75, 3.05) is 4.72 Å². The molecule has 0 aliphatic carbocycles. The van der Waals surface area contributed by atoms with Gasteiger partial charge in [-0.2, -0.15) is 0 Å². The molecule has 0 heterocycles. The van der Waals surface area contributed by atoms with Gasteiger partial charge in [-0.1, -0.05) is 18.2 Å². The largest absolute Gasteiger partial charge is 0.481 e. The molecule has 5 nitrogen and oxygen atoms in total. The first kappa shape index (κ1) is 11.7. The number of aryl methyl sites for hydroxylation is 1. The summed E-state index contributed by atoms with van der Waals surface area (Å²) in [5.41, 5.74) is 1.20. The van der Waals surface area contributed by atoms with E-state index in [1.54, 1.807) is 24.3 Å². The first-order chi connectivity index (χ1) is 7.09.